The van der Waals surface area contributed by atoms with Crippen LogP contribution in [0.25, 0.3) is 0 Å². The first-order valence-electron chi connectivity index (χ1n) is 9.06. The van der Waals surface area contributed by atoms with Gasteiger partial charge in [0.15, 0.2) is 11.5 Å². The molecule has 1 heterocycles. The molecule has 0 bridgehead atoms. The Balaban J connectivity index is 1.40. The van der Waals surface area contributed by atoms with Crippen LogP contribution in [0.15, 0.2) is 66.7 Å². The van der Waals surface area contributed by atoms with Gasteiger partial charge in [-0.05, 0) is 35.9 Å². The summed E-state index contributed by atoms with van der Waals surface area (Å²) in [4.78, 5) is 24.7. The first kappa shape index (κ1) is 19.6. The maximum atomic E-state index is 12.6. The molecule has 0 saturated carbocycles. The standard InChI is InChI=1S/C22H17ClN2O5/c23-16-8-15(21(26)24-17-6-7-19-20(11-17)30-13-29-19)9-18(10-16)25-22(27)28-12-14-4-2-1-3-5-14/h1-11H,12-13H2,(H,24,26)(H,25,27). The van der Waals surface area contributed by atoms with E-state index in [4.69, 9.17) is 25.8 Å². The topological polar surface area (TPSA) is 85.9 Å². The largest absolute Gasteiger partial charge is 0.454 e. The Morgan fingerprint density at radius 1 is 0.900 bits per heavy atom. The van der Waals surface area contributed by atoms with Gasteiger partial charge in [0.05, 0.1) is 0 Å². The van der Waals surface area contributed by atoms with Gasteiger partial charge >= 0.3 is 6.09 Å². The van der Waals surface area contributed by atoms with E-state index in [1.807, 2.05) is 30.3 Å². The summed E-state index contributed by atoms with van der Waals surface area (Å²) < 4.78 is 15.8. The molecule has 3 aromatic carbocycles. The highest BCUT2D eigenvalue weighted by molar-refractivity contribution is 6.31. The van der Waals surface area contributed by atoms with Crippen molar-refractivity contribution in [2.45, 2.75) is 6.61 Å². The molecule has 0 aliphatic carbocycles. The van der Waals surface area contributed by atoms with E-state index >= 15 is 0 Å². The number of hydrogen-bond donors (Lipinski definition) is 2. The van der Waals surface area contributed by atoms with Crippen LogP contribution in [0.3, 0.4) is 0 Å². The number of anilines is 2. The van der Waals surface area contributed by atoms with Crippen LogP contribution in [0.2, 0.25) is 5.02 Å². The Labute approximate surface area is 177 Å². The van der Waals surface area contributed by atoms with Gasteiger partial charge in [-0.1, -0.05) is 41.9 Å². The summed E-state index contributed by atoms with van der Waals surface area (Å²) in [7, 11) is 0. The Hall–Kier alpha value is -3.71. The van der Waals surface area contributed by atoms with Crippen LogP contribution in [0.5, 0.6) is 11.5 Å². The highest BCUT2D eigenvalue weighted by atomic mass is 35.5. The average Bonchev–Trinajstić information content (AvgIpc) is 3.20. The molecule has 2 amide bonds. The molecule has 2 N–H and O–H groups in total. The molecule has 0 radical (unpaired) electrons. The van der Waals surface area contributed by atoms with E-state index in [1.165, 1.54) is 18.2 Å². The molecule has 152 valence electrons. The molecule has 0 aromatic heterocycles. The Morgan fingerprint density at radius 2 is 1.70 bits per heavy atom. The summed E-state index contributed by atoms with van der Waals surface area (Å²) >= 11 is 6.12. The van der Waals surface area contributed by atoms with Crippen LogP contribution < -0.4 is 20.1 Å². The molecule has 1 aliphatic rings. The Kier molecular flexibility index (Phi) is 5.72. The van der Waals surface area contributed by atoms with Gasteiger partial charge in [0.25, 0.3) is 5.91 Å². The van der Waals surface area contributed by atoms with Gasteiger partial charge in [0, 0.05) is 28.0 Å². The van der Waals surface area contributed by atoms with Gasteiger partial charge in [-0.2, -0.15) is 0 Å². The highest BCUT2D eigenvalue weighted by Crippen LogP contribution is 2.34. The van der Waals surface area contributed by atoms with Gasteiger partial charge < -0.3 is 19.5 Å². The van der Waals surface area contributed by atoms with E-state index in [9.17, 15) is 9.59 Å². The molecule has 1 aliphatic heterocycles. The third-order valence-electron chi connectivity index (χ3n) is 4.25. The maximum Gasteiger partial charge on any atom is 0.411 e. The predicted molar refractivity (Wildman–Crippen MR) is 112 cm³/mol. The van der Waals surface area contributed by atoms with Crippen LogP contribution in [0, 0.1) is 0 Å². The van der Waals surface area contributed by atoms with Crippen LogP contribution in [0.1, 0.15) is 15.9 Å². The van der Waals surface area contributed by atoms with Crippen molar-refractivity contribution in [3.8, 4) is 11.5 Å². The molecule has 0 unspecified atom stereocenters. The van der Waals surface area contributed by atoms with E-state index in [0.717, 1.165) is 5.56 Å². The number of hydrogen-bond acceptors (Lipinski definition) is 5. The summed E-state index contributed by atoms with van der Waals surface area (Å²) in [5, 5.41) is 5.65. The SMILES string of the molecule is O=C(Nc1cc(Cl)cc(C(=O)Nc2ccc3c(c2)OCO3)c1)OCc1ccccc1. The number of nitrogens with one attached hydrogen (secondary N) is 2. The molecular weight excluding hydrogens is 408 g/mol. The molecule has 8 heteroatoms. The zero-order valence-corrected chi connectivity index (χ0v) is 16.4. The maximum absolute atomic E-state index is 12.6. The summed E-state index contributed by atoms with van der Waals surface area (Å²) in [6.45, 7) is 0.279. The molecule has 4 rings (SSSR count). The quantitative estimate of drug-likeness (QED) is 0.597. The van der Waals surface area contributed by atoms with Crippen molar-refractivity contribution < 1.29 is 23.8 Å². The number of halogens is 1. The number of ether oxygens (including phenoxy) is 3. The molecule has 7 nitrogen and oxygen atoms in total. The highest BCUT2D eigenvalue weighted by Gasteiger charge is 2.16. The van der Waals surface area contributed by atoms with Crippen LogP contribution in [0.4, 0.5) is 16.2 Å². The van der Waals surface area contributed by atoms with E-state index < -0.39 is 12.0 Å². The average molecular weight is 425 g/mol. The second-order valence-electron chi connectivity index (χ2n) is 6.44. The van der Waals surface area contributed by atoms with Crippen molar-refractivity contribution >= 4 is 35.0 Å². The third kappa shape index (κ3) is 4.82. The van der Waals surface area contributed by atoms with Gasteiger partial charge in [0.1, 0.15) is 6.61 Å². The number of carbonyl (C=O) groups excluding carboxylic acids is 2. The molecule has 0 saturated heterocycles. The van der Waals surface area contributed by atoms with Crippen molar-refractivity contribution in [1.82, 2.24) is 0 Å². The zero-order valence-electron chi connectivity index (χ0n) is 15.7. The fraction of sp³-hybridized carbons (Fsp3) is 0.0909. The minimum absolute atomic E-state index is 0.130. The fourth-order valence-corrected chi connectivity index (χ4v) is 3.08. The van der Waals surface area contributed by atoms with Crippen LogP contribution >= 0.6 is 11.6 Å². The molecule has 30 heavy (non-hydrogen) atoms. The van der Waals surface area contributed by atoms with Gasteiger partial charge in [-0.15, -0.1) is 0 Å². The summed E-state index contributed by atoms with van der Waals surface area (Å²) in [5.41, 5.74) is 2.03. The smallest absolute Gasteiger partial charge is 0.411 e. The van der Waals surface area contributed by atoms with Crippen LogP contribution in [-0.2, 0) is 11.3 Å². The fourth-order valence-electron chi connectivity index (χ4n) is 2.85. The molecule has 3 aromatic rings. The van der Waals surface area contributed by atoms with Crippen molar-refractivity contribution in [1.29, 1.82) is 0 Å². The van der Waals surface area contributed by atoms with Crippen molar-refractivity contribution in [2.75, 3.05) is 17.4 Å². The lowest BCUT2D eigenvalue weighted by atomic mass is 10.1. The minimum atomic E-state index is -0.650. The predicted octanol–water partition coefficient (Wildman–Crippen LogP) is 5.07. The van der Waals surface area contributed by atoms with Crippen molar-refractivity contribution in [3.05, 3.63) is 82.9 Å². The molecule has 0 fully saturated rings. The summed E-state index contributed by atoms with van der Waals surface area (Å²) in [6.07, 6.45) is -0.650. The lowest BCUT2D eigenvalue weighted by Crippen LogP contribution is -2.15. The summed E-state index contributed by atoms with van der Waals surface area (Å²) in [6, 6.07) is 18.9. The molecule has 0 spiro atoms. The number of amides is 2. The van der Waals surface area contributed by atoms with Crippen molar-refractivity contribution in [3.63, 3.8) is 0 Å². The second-order valence-corrected chi connectivity index (χ2v) is 6.87. The lowest BCUT2D eigenvalue weighted by molar-refractivity contribution is 0.102. The zero-order chi connectivity index (χ0) is 20.9. The molecule has 0 atom stereocenters. The van der Waals surface area contributed by atoms with E-state index in [2.05, 4.69) is 10.6 Å². The minimum Gasteiger partial charge on any atom is -0.454 e. The number of carbonyl (C=O) groups is 2. The number of fused-ring (bicyclic) bond motifs is 1. The Bertz CT molecular complexity index is 1090. The first-order valence-corrected chi connectivity index (χ1v) is 9.44. The third-order valence-corrected chi connectivity index (χ3v) is 4.47. The lowest BCUT2D eigenvalue weighted by Gasteiger charge is -2.10. The van der Waals surface area contributed by atoms with Crippen molar-refractivity contribution in [2.24, 2.45) is 0 Å². The first-order chi connectivity index (χ1) is 14.6. The van der Waals surface area contributed by atoms with Gasteiger partial charge in [0.2, 0.25) is 6.79 Å². The van der Waals surface area contributed by atoms with E-state index in [1.54, 1.807) is 18.2 Å². The monoisotopic (exact) mass is 424 g/mol. The number of rotatable bonds is 5. The second kappa shape index (κ2) is 8.75. The van der Waals surface area contributed by atoms with Gasteiger partial charge in [-0.3, -0.25) is 10.1 Å². The number of benzene rings is 3. The van der Waals surface area contributed by atoms with E-state index in [-0.39, 0.29) is 19.0 Å². The van der Waals surface area contributed by atoms with Gasteiger partial charge in [-0.25, -0.2) is 4.79 Å². The van der Waals surface area contributed by atoms with Crippen LogP contribution in [-0.4, -0.2) is 18.8 Å². The Morgan fingerprint density at radius 3 is 2.53 bits per heavy atom. The summed E-state index contributed by atoms with van der Waals surface area (Å²) in [5.74, 6) is 0.788. The normalized spacial score (nSPS) is 11.6. The van der Waals surface area contributed by atoms with E-state index in [0.29, 0.717) is 27.9 Å². The molecular formula is C22H17ClN2O5.